The monoisotopic (exact) mass is 306 g/mol. The van der Waals surface area contributed by atoms with Gasteiger partial charge in [-0.25, -0.2) is 0 Å². The topological polar surface area (TPSA) is 67.9 Å². The van der Waals surface area contributed by atoms with Crippen LogP contribution in [0.2, 0.25) is 0 Å². The minimum Gasteiger partial charge on any atom is -0.494 e. The predicted molar refractivity (Wildman–Crippen MR) is 81.7 cm³/mol. The Labute approximate surface area is 130 Å². The zero-order valence-electron chi connectivity index (χ0n) is 12.8. The zero-order chi connectivity index (χ0) is 15.8. The summed E-state index contributed by atoms with van der Waals surface area (Å²) in [5.41, 5.74) is 0.889. The van der Waals surface area contributed by atoms with Gasteiger partial charge in [0, 0.05) is 13.1 Å². The SMILES string of the molecule is CCOc1ccc(CC(=O)NCC(=O)N2CCOCC2)cc1. The highest BCUT2D eigenvalue weighted by atomic mass is 16.5. The van der Waals surface area contributed by atoms with E-state index in [2.05, 4.69) is 5.32 Å². The quantitative estimate of drug-likeness (QED) is 0.836. The van der Waals surface area contributed by atoms with Crippen LogP contribution in [-0.4, -0.2) is 56.2 Å². The van der Waals surface area contributed by atoms with Gasteiger partial charge in [-0.05, 0) is 24.6 Å². The molecular weight excluding hydrogens is 284 g/mol. The second kappa shape index (κ2) is 8.38. The maximum Gasteiger partial charge on any atom is 0.242 e. The number of morpholine rings is 1. The van der Waals surface area contributed by atoms with Crippen molar-refractivity contribution in [2.75, 3.05) is 39.5 Å². The molecule has 1 aliphatic heterocycles. The Balaban J connectivity index is 1.73. The lowest BCUT2D eigenvalue weighted by Gasteiger charge is -2.26. The van der Waals surface area contributed by atoms with E-state index in [1.807, 2.05) is 31.2 Å². The Bertz CT molecular complexity index is 495. The highest BCUT2D eigenvalue weighted by Crippen LogP contribution is 2.12. The molecule has 22 heavy (non-hydrogen) atoms. The van der Waals surface area contributed by atoms with Crippen molar-refractivity contribution >= 4 is 11.8 Å². The van der Waals surface area contributed by atoms with Crippen LogP contribution in [0.3, 0.4) is 0 Å². The molecule has 1 saturated heterocycles. The molecule has 1 fully saturated rings. The second-order valence-electron chi connectivity index (χ2n) is 5.02. The number of hydrogen-bond acceptors (Lipinski definition) is 4. The first-order valence-corrected chi connectivity index (χ1v) is 7.53. The van der Waals surface area contributed by atoms with Gasteiger partial charge in [0.2, 0.25) is 11.8 Å². The maximum absolute atomic E-state index is 11.9. The van der Waals surface area contributed by atoms with Crippen LogP contribution in [0.5, 0.6) is 5.75 Å². The second-order valence-corrected chi connectivity index (χ2v) is 5.02. The lowest BCUT2D eigenvalue weighted by molar-refractivity contribution is -0.136. The fraction of sp³-hybridized carbons (Fsp3) is 0.500. The minimum absolute atomic E-state index is 0.0376. The Kier molecular flexibility index (Phi) is 6.21. The number of nitrogens with one attached hydrogen (secondary N) is 1. The third-order valence-electron chi connectivity index (χ3n) is 3.40. The maximum atomic E-state index is 11.9. The summed E-state index contributed by atoms with van der Waals surface area (Å²) in [6.07, 6.45) is 0.253. The molecule has 0 radical (unpaired) electrons. The summed E-state index contributed by atoms with van der Waals surface area (Å²) < 4.78 is 10.5. The first-order valence-electron chi connectivity index (χ1n) is 7.53. The van der Waals surface area contributed by atoms with Crippen LogP contribution < -0.4 is 10.1 Å². The molecule has 0 aromatic heterocycles. The smallest absolute Gasteiger partial charge is 0.242 e. The summed E-state index contributed by atoms with van der Waals surface area (Å²) in [7, 11) is 0. The van der Waals surface area contributed by atoms with Crippen molar-refractivity contribution in [3.8, 4) is 5.75 Å². The molecule has 6 heteroatoms. The van der Waals surface area contributed by atoms with Crippen LogP contribution in [0.25, 0.3) is 0 Å². The fourth-order valence-corrected chi connectivity index (χ4v) is 2.22. The highest BCUT2D eigenvalue weighted by Gasteiger charge is 2.17. The molecule has 1 aliphatic rings. The molecule has 2 rings (SSSR count). The molecule has 1 aromatic carbocycles. The normalized spacial score (nSPS) is 14.5. The Morgan fingerprint density at radius 3 is 2.55 bits per heavy atom. The molecular formula is C16H22N2O4. The standard InChI is InChI=1S/C16H22N2O4/c1-2-22-14-5-3-13(4-6-14)11-15(19)17-12-16(20)18-7-9-21-10-8-18/h3-6H,2,7-12H2,1H3,(H,17,19). The van der Waals surface area contributed by atoms with Crippen molar-refractivity contribution in [1.29, 1.82) is 0 Å². The van der Waals surface area contributed by atoms with Gasteiger partial charge >= 0.3 is 0 Å². The van der Waals surface area contributed by atoms with Crippen molar-refractivity contribution in [1.82, 2.24) is 10.2 Å². The van der Waals surface area contributed by atoms with Crippen LogP contribution >= 0.6 is 0 Å². The molecule has 1 N–H and O–H groups in total. The average molecular weight is 306 g/mol. The minimum atomic E-state index is -0.161. The molecule has 0 saturated carbocycles. The van der Waals surface area contributed by atoms with Crippen LogP contribution in [0, 0.1) is 0 Å². The molecule has 0 aliphatic carbocycles. The van der Waals surface area contributed by atoms with Gasteiger partial charge in [-0.15, -0.1) is 0 Å². The molecule has 2 amide bonds. The highest BCUT2D eigenvalue weighted by molar-refractivity contribution is 5.85. The lowest BCUT2D eigenvalue weighted by atomic mass is 10.1. The third kappa shape index (κ3) is 5.04. The number of benzene rings is 1. The number of ether oxygens (including phenoxy) is 2. The van der Waals surface area contributed by atoms with Gasteiger partial charge in [-0.2, -0.15) is 0 Å². The summed E-state index contributed by atoms with van der Waals surface area (Å²) >= 11 is 0. The lowest BCUT2D eigenvalue weighted by Crippen LogP contribution is -2.45. The Morgan fingerprint density at radius 1 is 1.23 bits per heavy atom. The summed E-state index contributed by atoms with van der Waals surface area (Å²) in [6, 6.07) is 7.39. The van der Waals surface area contributed by atoms with E-state index in [0.29, 0.717) is 32.9 Å². The molecule has 0 bridgehead atoms. The fourth-order valence-electron chi connectivity index (χ4n) is 2.22. The van der Waals surface area contributed by atoms with Gasteiger partial charge < -0.3 is 19.7 Å². The van der Waals surface area contributed by atoms with Gasteiger partial charge in [0.05, 0.1) is 32.8 Å². The number of carbonyl (C=O) groups is 2. The van der Waals surface area contributed by atoms with Gasteiger partial charge in [0.15, 0.2) is 0 Å². The van der Waals surface area contributed by atoms with E-state index >= 15 is 0 Å². The van der Waals surface area contributed by atoms with Crippen molar-refractivity contribution in [2.45, 2.75) is 13.3 Å². The van der Waals surface area contributed by atoms with E-state index in [9.17, 15) is 9.59 Å². The zero-order valence-corrected chi connectivity index (χ0v) is 12.8. The number of carbonyl (C=O) groups excluding carboxylic acids is 2. The predicted octanol–water partition coefficient (Wildman–Crippen LogP) is 0.603. The van der Waals surface area contributed by atoms with E-state index in [4.69, 9.17) is 9.47 Å². The first kappa shape index (κ1) is 16.3. The largest absolute Gasteiger partial charge is 0.494 e. The van der Waals surface area contributed by atoms with Gasteiger partial charge in [0.25, 0.3) is 0 Å². The van der Waals surface area contributed by atoms with Crippen molar-refractivity contribution in [3.63, 3.8) is 0 Å². The molecule has 0 spiro atoms. The van der Waals surface area contributed by atoms with Crippen molar-refractivity contribution < 1.29 is 19.1 Å². The Hall–Kier alpha value is -2.08. The summed E-state index contributed by atoms with van der Waals surface area (Å²) in [6.45, 7) is 4.88. The number of nitrogens with zero attached hydrogens (tertiary/aromatic N) is 1. The molecule has 1 heterocycles. The number of rotatable bonds is 6. The van der Waals surface area contributed by atoms with E-state index in [-0.39, 0.29) is 24.8 Å². The van der Waals surface area contributed by atoms with E-state index in [1.54, 1.807) is 4.90 Å². The van der Waals surface area contributed by atoms with E-state index in [0.717, 1.165) is 11.3 Å². The summed E-state index contributed by atoms with van der Waals surface area (Å²) in [5.74, 6) is 0.559. The van der Waals surface area contributed by atoms with Crippen LogP contribution in [0.1, 0.15) is 12.5 Å². The molecule has 0 unspecified atom stereocenters. The molecule has 1 aromatic rings. The number of amides is 2. The summed E-state index contributed by atoms with van der Waals surface area (Å²) in [4.78, 5) is 25.5. The van der Waals surface area contributed by atoms with Gasteiger partial charge in [0.1, 0.15) is 5.75 Å². The van der Waals surface area contributed by atoms with Gasteiger partial charge in [-0.3, -0.25) is 9.59 Å². The number of hydrogen-bond donors (Lipinski definition) is 1. The van der Waals surface area contributed by atoms with Crippen LogP contribution in [0.4, 0.5) is 0 Å². The first-order chi connectivity index (χ1) is 10.7. The average Bonchev–Trinajstić information content (AvgIpc) is 2.55. The van der Waals surface area contributed by atoms with Crippen molar-refractivity contribution in [3.05, 3.63) is 29.8 Å². The van der Waals surface area contributed by atoms with Gasteiger partial charge in [-0.1, -0.05) is 12.1 Å². The van der Waals surface area contributed by atoms with Crippen molar-refractivity contribution in [2.24, 2.45) is 0 Å². The van der Waals surface area contributed by atoms with Crippen LogP contribution in [-0.2, 0) is 20.7 Å². The summed E-state index contributed by atoms with van der Waals surface area (Å²) in [5, 5.41) is 2.67. The van der Waals surface area contributed by atoms with E-state index in [1.165, 1.54) is 0 Å². The molecule has 6 nitrogen and oxygen atoms in total. The third-order valence-corrected chi connectivity index (χ3v) is 3.40. The molecule has 120 valence electrons. The molecule has 0 atom stereocenters. The Morgan fingerprint density at radius 2 is 1.91 bits per heavy atom. The van der Waals surface area contributed by atoms with E-state index < -0.39 is 0 Å². The van der Waals surface area contributed by atoms with Crippen LogP contribution in [0.15, 0.2) is 24.3 Å².